The number of aromatic nitrogens is 1. The van der Waals surface area contributed by atoms with Crippen LogP contribution in [0.3, 0.4) is 0 Å². The largest absolute Gasteiger partial charge is 0.475 e. The summed E-state index contributed by atoms with van der Waals surface area (Å²) in [5.74, 6) is 0.800. The molecule has 0 bridgehead atoms. The van der Waals surface area contributed by atoms with Crippen molar-refractivity contribution >= 4 is 11.8 Å². The number of amides is 2. The number of pyridine rings is 1. The van der Waals surface area contributed by atoms with E-state index in [9.17, 15) is 9.59 Å². The van der Waals surface area contributed by atoms with E-state index in [1.165, 1.54) is 0 Å². The van der Waals surface area contributed by atoms with E-state index in [2.05, 4.69) is 4.98 Å². The molecule has 1 aromatic rings. The van der Waals surface area contributed by atoms with Gasteiger partial charge in [-0.2, -0.15) is 0 Å². The summed E-state index contributed by atoms with van der Waals surface area (Å²) in [5, 5.41) is 0. The van der Waals surface area contributed by atoms with Gasteiger partial charge < -0.3 is 14.5 Å². The summed E-state index contributed by atoms with van der Waals surface area (Å²) < 4.78 is 5.59. The molecule has 1 aromatic heterocycles. The van der Waals surface area contributed by atoms with Crippen LogP contribution in [0.25, 0.3) is 0 Å². The third kappa shape index (κ3) is 3.94. The van der Waals surface area contributed by atoms with Crippen molar-refractivity contribution in [1.29, 1.82) is 0 Å². The lowest BCUT2D eigenvalue weighted by atomic mass is 9.97. The molecule has 0 atom stereocenters. The molecule has 1 saturated carbocycles. The van der Waals surface area contributed by atoms with Gasteiger partial charge in [-0.3, -0.25) is 9.59 Å². The summed E-state index contributed by atoms with van der Waals surface area (Å²) in [6, 6.07) is 5.26. The molecular weight excluding hydrogens is 318 g/mol. The second-order valence-electron chi connectivity index (χ2n) is 7.83. The zero-order chi connectivity index (χ0) is 18.2. The number of piperazine rings is 1. The molecule has 1 saturated heterocycles. The number of ether oxygens (including phenoxy) is 1. The van der Waals surface area contributed by atoms with Gasteiger partial charge in [0.15, 0.2) is 0 Å². The quantitative estimate of drug-likeness (QED) is 0.840. The van der Waals surface area contributed by atoms with Gasteiger partial charge in [-0.05, 0) is 46.6 Å². The van der Waals surface area contributed by atoms with Gasteiger partial charge in [0.25, 0.3) is 5.91 Å². The number of carbonyl (C=O) groups is 2. The molecule has 1 aliphatic heterocycles. The van der Waals surface area contributed by atoms with Crippen LogP contribution in [0.15, 0.2) is 18.2 Å². The third-order valence-electron chi connectivity index (χ3n) is 4.68. The van der Waals surface area contributed by atoms with Crippen molar-refractivity contribution in [2.75, 3.05) is 19.6 Å². The van der Waals surface area contributed by atoms with Crippen LogP contribution in [-0.2, 0) is 4.79 Å². The molecule has 1 aliphatic carbocycles. The van der Waals surface area contributed by atoms with Gasteiger partial charge in [-0.15, -0.1) is 0 Å². The first-order chi connectivity index (χ1) is 11.8. The number of carbonyl (C=O) groups excluding carboxylic acids is 2. The van der Waals surface area contributed by atoms with Gasteiger partial charge in [0.05, 0.1) is 11.6 Å². The van der Waals surface area contributed by atoms with Crippen molar-refractivity contribution in [1.82, 2.24) is 14.8 Å². The fraction of sp³-hybridized carbons (Fsp3) is 0.632. The summed E-state index contributed by atoms with van der Waals surface area (Å²) in [6.45, 7) is 9.55. The standard InChI is InChI=1S/C19H27N3O3/c1-13(2)25-16-7-5-6-15(20-16)18(24)22-11-10-21(12-19(22,3)4)17(23)14-8-9-14/h5-7,13-14H,8-12H2,1-4H3. The summed E-state index contributed by atoms with van der Waals surface area (Å²) in [5.41, 5.74) is -0.0376. The Hall–Kier alpha value is -2.11. The van der Waals surface area contributed by atoms with Gasteiger partial charge >= 0.3 is 0 Å². The SMILES string of the molecule is CC(C)Oc1cccc(C(=O)N2CCN(C(=O)C3CC3)CC2(C)C)n1. The fourth-order valence-corrected chi connectivity index (χ4v) is 3.29. The molecule has 0 radical (unpaired) electrons. The highest BCUT2D eigenvalue weighted by atomic mass is 16.5. The van der Waals surface area contributed by atoms with Crippen LogP contribution in [0, 0.1) is 5.92 Å². The average molecular weight is 345 g/mol. The Kier molecular flexibility index (Phi) is 4.71. The minimum absolute atomic E-state index is 0.00581. The van der Waals surface area contributed by atoms with E-state index in [1.807, 2.05) is 37.5 Å². The van der Waals surface area contributed by atoms with Crippen LogP contribution < -0.4 is 4.74 Å². The minimum Gasteiger partial charge on any atom is -0.475 e. The van der Waals surface area contributed by atoms with E-state index in [4.69, 9.17) is 4.74 Å². The van der Waals surface area contributed by atoms with E-state index < -0.39 is 5.54 Å². The van der Waals surface area contributed by atoms with Crippen molar-refractivity contribution < 1.29 is 14.3 Å². The van der Waals surface area contributed by atoms with E-state index >= 15 is 0 Å². The first-order valence-electron chi connectivity index (χ1n) is 9.02. The number of nitrogens with zero attached hydrogens (tertiary/aromatic N) is 3. The molecule has 0 aromatic carbocycles. The first-order valence-corrected chi connectivity index (χ1v) is 9.02. The maximum Gasteiger partial charge on any atom is 0.273 e. The lowest BCUT2D eigenvalue weighted by Crippen LogP contribution is -2.62. The molecule has 6 heteroatoms. The van der Waals surface area contributed by atoms with Crippen LogP contribution in [0.5, 0.6) is 5.88 Å². The molecule has 136 valence electrons. The van der Waals surface area contributed by atoms with E-state index in [0.29, 0.717) is 31.2 Å². The van der Waals surface area contributed by atoms with E-state index in [1.54, 1.807) is 18.2 Å². The number of rotatable bonds is 4. The van der Waals surface area contributed by atoms with Crippen LogP contribution in [-0.4, -0.2) is 57.9 Å². The monoisotopic (exact) mass is 345 g/mol. The number of hydrogen-bond acceptors (Lipinski definition) is 4. The highest BCUT2D eigenvalue weighted by Crippen LogP contribution is 2.33. The first kappa shape index (κ1) is 17.7. The minimum atomic E-state index is -0.420. The highest BCUT2D eigenvalue weighted by Gasteiger charge is 2.42. The lowest BCUT2D eigenvalue weighted by Gasteiger charge is -2.47. The Morgan fingerprint density at radius 1 is 1.24 bits per heavy atom. The maximum absolute atomic E-state index is 13.0. The van der Waals surface area contributed by atoms with Gasteiger partial charge in [0.1, 0.15) is 5.69 Å². The topological polar surface area (TPSA) is 62.7 Å². The van der Waals surface area contributed by atoms with Crippen molar-refractivity contribution in [3.63, 3.8) is 0 Å². The normalized spacial score (nSPS) is 19.9. The second kappa shape index (κ2) is 6.65. The van der Waals surface area contributed by atoms with Gasteiger partial charge in [0, 0.05) is 31.6 Å². The average Bonchev–Trinajstić information content (AvgIpc) is 3.37. The fourth-order valence-electron chi connectivity index (χ4n) is 3.29. The number of hydrogen-bond donors (Lipinski definition) is 0. The Morgan fingerprint density at radius 2 is 1.96 bits per heavy atom. The Morgan fingerprint density at radius 3 is 2.56 bits per heavy atom. The molecule has 3 rings (SSSR count). The van der Waals surface area contributed by atoms with Crippen molar-refractivity contribution in [2.24, 2.45) is 5.92 Å². The Labute approximate surface area is 149 Å². The summed E-state index contributed by atoms with van der Waals surface area (Å²) in [4.78, 5) is 33.4. The third-order valence-corrected chi connectivity index (χ3v) is 4.68. The predicted octanol–water partition coefficient (Wildman–Crippen LogP) is 2.34. The summed E-state index contributed by atoms with van der Waals surface area (Å²) in [6.07, 6.45) is 2.02. The molecule has 0 unspecified atom stereocenters. The van der Waals surface area contributed by atoms with Crippen LogP contribution in [0.4, 0.5) is 0 Å². The lowest BCUT2D eigenvalue weighted by molar-refractivity contribution is -0.136. The van der Waals surface area contributed by atoms with Crippen molar-refractivity contribution in [3.8, 4) is 5.88 Å². The van der Waals surface area contributed by atoms with Gasteiger partial charge in [-0.1, -0.05) is 6.07 Å². The second-order valence-corrected chi connectivity index (χ2v) is 7.83. The zero-order valence-electron chi connectivity index (χ0n) is 15.5. The molecule has 0 N–H and O–H groups in total. The van der Waals surface area contributed by atoms with Gasteiger partial charge in [-0.25, -0.2) is 4.98 Å². The van der Waals surface area contributed by atoms with Crippen LogP contribution >= 0.6 is 0 Å². The van der Waals surface area contributed by atoms with Crippen molar-refractivity contribution in [3.05, 3.63) is 23.9 Å². The highest BCUT2D eigenvalue weighted by molar-refractivity contribution is 5.93. The van der Waals surface area contributed by atoms with E-state index in [-0.39, 0.29) is 23.8 Å². The molecular formula is C19H27N3O3. The van der Waals surface area contributed by atoms with E-state index in [0.717, 1.165) is 12.8 Å². The molecule has 2 heterocycles. The molecule has 0 spiro atoms. The molecule has 2 aliphatic rings. The van der Waals surface area contributed by atoms with Crippen LogP contribution in [0.2, 0.25) is 0 Å². The molecule has 2 amide bonds. The summed E-state index contributed by atoms with van der Waals surface area (Å²) in [7, 11) is 0. The molecule has 25 heavy (non-hydrogen) atoms. The van der Waals surface area contributed by atoms with Gasteiger partial charge in [0.2, 0.25) is 11.8 Å². The molecule has 6 nitrogen and oxygen atoms in total. The Bertz CT molecular complexity index is 668. The van der Waals surface area contributed by atoms with Crippen LogP contribution in [0.1, 0.15) is 51.0 Å². The zero-order valence-corrected chi connectivity index (χ0v) is 15.5. The molecule has 2 fully saturated rings. The summed E-state index contributed by atoms with van der Waals surface area (Å²) >= 11 is 0. The smallest absolute Gasteiger partial charge is 0.273 e. The Balaban J connectivity index is 1.72. The maximum atomic E-state index is 13.0. The predicted molar refractivity (Wildman–Crippen MR) is 94.4 cm³/mol. The van der Waals surface area contributed by atoms with Crippen molar-refractivity contribution in [2.45, 2.75) is 52.2 Å².